The van der Waals surface area contributed by atoms with Gasteiger partial charge in [0.2, 0.25) is 5.91 Å². The number of unbranched alkanes of at least 4 members (excludes halogenated alkanes) is 5. The molecule has 3 aromatic rings. The SMILES string of the molecule is C#Cc1ccc(C(C(=O)Nc2ccc(OC)cc2)N(CCCCCCCC)C(=O)C(Cc2ccccc2)NC(=O)OC(C)(C)C)cc1. The summed E-state index contributed by atoms with van der Waals surface area (Å²) in [6.07, 6.45) is 11.1. The van der Waals surface area contributed by atoms with E-state index in [0.717, 1.165) is 37.7 Å². The maximum atomic E-state index is 14.7. The van der Waals surface area contributed by atoms with Crippen LogP contribution in [0.4, 0.5) is 10.5 Å². The molecule has 0 aliphatic carbocycles. The Kier molecular flexibility index (Phi) is 14.4. The lowest BCUT2D eigenvalue weighted by Gasteiger charge is -2.35. The van der Waals surface area contributed by atoms with E-state index in [4.69, 9.17) is 15.9 Å². The lowest BCUT2D eigenvalue weighted by Crippen LogP contribution is -2.53. The van der Waals surface area contributed by atoms with E-state index in [0.29, 0.717) is 35.5 Å². The van der Waals surface area contributed by atoms with Gasteiger partial charge in [0.1, 0.15) is 23.4 Å². The number of anilines is 1. The fourth-order valence-electron chi connectivity index (χ4n) is 5.25. The number of hydrogen-bond donors (Lipinski definition) is 2. The fourth-order valence-corrected chi connectivity index (χ4v) is 5.25. The highest BCUT2D eigenvalue weighted by Gasteiger charge is 2.36. The fraction of sp³-hybridized carbons (Fsp3) is 0.410. The maximum Gasteiger partial charge on any atom is 0.408 e. The van der Waals surface area contributed by atoms with Crippen molar-refractivity contribution in [2.75, 3.05) is 19.0 Å². The minimum absolute atomic E-state index is 0.217. The van der Waals surface area contributed by atoms with Gasteiger partial charge in [0, 0.05) is 24.2 Å². The molecule has 0 spiro atoms. The topological polar surface area (TPSA) is 97.0 Å². The molecule has 0 fully saturated rings. The number of benzene rings is 3. The van der Waals surface area contributed by atoms with Crippen LogP contribution in [0, 0.1) is 12.3 Å². The quantitative estimate of drug-likeness (QED) is 0.124. The van der Waals surface area contributed by atoms with E-state index in [1.54, 1.807) is 81.3 Å². The minimum atomic E-state index is -1.01. The van der Waals surface area contributed by atoms with E-state index in [1.807, 2.05) is 30.3 Å². The highest BCUT2D eigenvalue weighted by Crippen LogP contribution is 2.27. The van der Waals surface area contributed by atoms with Crippen molar-refractivity contribution in [1.82, 2.24) is 10.2 Å². The third-order valence-corrected chi connectivity index (χ3v) is 7.62. The van der Waals surface area contributed by atoms with Crippen LogP contribution in [-0.4, -0.2) is 48.1 Å². The number of hydrogen-bond acceptors (Lipinski definition) is 5. The zero-order valence-corrected chi connectivity index (χ0v) is 28.4. The van der Waals surface area contributed by atoms with Crippen molar-refractivity contribution in [3.63, 3.8) is 0 Å². The molecular weight excluding hydrogens is 590 g/mol. The number of ether oxygens (including phenoxy) is 2. The van der Waals surface area contributed by atoms with Crippen molar-refractivity contribution >= 4 is 23.6 Å². The molecule has 8 heteroatoms. The Bertz CT molecular complexity index is 1460. The van der Waals surface area contributed by atoms with Crippen molar-refractivity contribution in [1.29, 1.82) is 0 Å². The van der Waals surface area contributed by atoms with Crippen molar-refractivity contribution in [2.24, 2.45) is 0 Å². The van der Waals surface area contributed by atoms with Crippen molar-refractivity contribution in [3.05, 3.63) is 95.6 Å². The number of methoxy groups -OCH3 is 1. The van der Waals surface area contributed by atoms with Crippen molar-refractivity contribution < 1.29 is 23.9 Å². The molecular formula is C39H49N3O5. The standard InChI is InChI=1S/C39H49N3O5/c1-7-9-10-11-12-16-27-42(37(44)34(28-30-17-14-13-15-18-30)41-38(45)47-39(3,4)5)35(31-21-19-29(8-2)20-22-31)36(43)40-32-23-25-33(46-6)26-24-32/h2,13-15,17-26,34-35H,7,9-12,16,27-28H2,1,3-6H3,(H,40,43)(H,41,45). The van der Waals surface area contributed by atoms with E-state index in [2.05, 4.69) is 23.5 Å². The highest BCUT2D eigenvalue weighted by atomic mass is 16.6. The average Bonchev–Trinajstić information content (AvgIpc) is 3.05. The molecule has 0 bridgehead atoms. The van der Waals surface area contributed by atoms with Crippen LogP contribution >= 0.6 is 0 Å². The van der Waals surface area contributed by atoms with Gasteiger partial charge in [0.25, 0.3) is 5.91 Å². The van der Waals surface area contributed by atoms with Crippen LogP contribution in [0.3, 0.4) is 0 Å². The summed E-state index contributed by atoms with van der Waals surface area (Å²) < 4.78 is 10.8. The number of carbonyl (C=O) groups is 3. The Labute approximate surface area is 280 Å². The number of amides is 3. The van der Waals surface area contributed by atoms with Gasteiger partial charge in [-0.3, -0.25) is 9.59 Å². The zero-order valence-electron chi connectivity index (χ0n) is 28.4. The predicted molar refractivity (Wildman–Crippen MR) is 187 cm³/mol. The maximum absolute atomic E-state index is 14.7. The van der Waals surface area contributed by atoms with E-state index in [9.17, 15) is 14.4 Å². The summed E-state index contributed by atoms with van der Waals surface area (Å²) in [6, 6.07) is 21.6. The Hall–Kier alpha value is -4.77. The van der Waals surface area contributed by atoms with Crippen LogP contribution < -0.4 is 15.4 Å². The van der Waals surface area contributed by atoms with Crippen molar-refractivity contribution in [2.45, 2.75) is 90.3 Å². The summed E-state index contributed by atoms with van der Waals surface area (Å²) in [6.45, 7) is 7.78. The van der Waals surface area contributed by atoms with Crippen LogP contribution in [0.5, 0.6) is 5.75 Å². The Morgan fingerprint density at radius 2 is 1.51 bits per heavy atom. The summed E-state index contributed by atoms with van der Waals surface area (Å²) in [5.74, 6) is 2.49. The molecule has 2 atom stereocenters. The Morgan fingerprint density at radius 1 is 0.872 bits per heavy atom. The summed E-state index contributed by atoms with van der Waals surface area (Å²) in [5, 5.41) is 5.82. The third kappa shape index (κ3) is 12.2. The van der Waals surface area contributed by atoms with Gasteiger partial charge in [-0.2, -0.15) is 0 Å². The van der Waals surface area contributed by atoms with Crippen LogP contribution in [0.25, 0.3) is 0 Å². The number of nitrogens with zero attached hydrogens (tertiary/aromatic N) is 1. The van der Waals surface area contributed by atoms with E-state index >= 15 is 0 Å². The molecule has 0 aromatic heterocycles. The molecule has 250 valence electrons. The molecule has 8 nitrogen and oxygen atoms in total. The minimum Gasteiger partial charge on any atom is -0.497 e. The lowest BCUT2D eigenvalue weighted by molar-refractivity contribution is -0.140. The number of terminal acetylenes is 1. The Morgan fingerprint density at radius 3 is 2.11 bits per heavy atom. The largest absolute Gasteiger partial charge is 0.497 e. The summed E-state index contributed by atoms with van der Waals surface area (Å²) in [7, 11) is 1.58. The molecule has 0 radical (unpaired) electrons. The number of carbonyl (C=O) groups excluding carboxylic acids is 3. The molecule has 0 heterocycles. The van der Waals surface area contributed by atoms with Gasteiger partial charge in [0.05, 0.1) is 7.11 Å². The van der Waals surface area contributed by atoms with Crippen LogP contribution in [0.1, 0.15) is 89.0 Å². The highest BCUT2D eigenvalue weighted by molar-refractivity contribution is 5.99. The molecule has 3 amide bonds. The number of nitrogens with one attached hydrogen (secondary N) is 2. The third-order valence-electron chi connectivity index (χ3n) is 7.62. The lowest BCUT2D eigenvalue weighted by atomic mass is 9.98. The van der Waals surface area contributed by atoms with Crippen LogP contribution in [-0.2, 0) is 20.7 Å². The van der Waals surface area contributed by atoms with Crippen LogP contribution in [0.15, 0.2) is 78.9 Å². The second-order valence-corrected chi connectivity index (χ2v) is 12.6. The summed E-state index contributed by atoms with van der Waals surface area (Å²) in [4.78, 5) is 43.6. The van der Waals surface area contributed by atoms with Gasteiger partial charge in [-0.05, 0) is 74.7 Å². The van der Waals surface area contributed by atoms with Crippen molar-refractivity contribution in [3.8, 4) is 18.1 Å². The first-order valence-electron chi connectivity index (χ1n) is 16.4. The molecule has 0 saturated carbocycles. The van der Waals surface area contributed by atoms with E-state index in [-0.39, 0.29) is 12.3 Å². The van der Waals surface area contributed by atoms with Crippen LogP contribution in [0.2, 0.25) is 0 Å². The van der Waals surface area contributed by atoms with Gasteiger partial charge in [-0.1, -0.05) is 87.4 Å². The molecule has 3 aromatic carbocycles. The van der Waals surface area contributed by atoms with Gasteiger partial charge < -0.3 is 25.0 Å². The summed E-state index contributed by atoms with van der Waals surface area (Å²) in [5.41, 5.74) is 1.91. The number of rotatable bonds is 16. The predicted octanol–water partition coefficient (Wildman–Crippen LogP) is 7.68. The Balaban J connectivity index is 2.05. The molecule has 47 heavy (non-hydrogen) atoms. The molecule has 0 aliphatic rings. The van der Waals surface area contributed by atoms with E-state index in [1.165, 1.54) is 0 Å². The molecule has 3 rings (SSSR count). The second kappa shape index (κ2) is 18.4. The molecule has 2 N–H and O–H groups in total. The normalized spacial score (nSPS) is 12.3. The average molecular weight is 640 g/mol. The molecule has 0 saturated heterocycles. The van der Waals surface area contributed by atoms with Gasteiger partial charge >= 0.3 is 6.09 Å². The molecule has 0 aliphatic heterocycles. The monoisotopic (exact) mass is 639 g/mol. The first kappa shape index (κ1) is 36.7. The second-order valence-electron chi connectivity index (χ2n) is 12.6. The van der Waals surface area contributed by atoms with E-state index < -0.39 is 29.7 Å². The summed E-state index contributed by atoms with van der Waals surface area (Å²) >= 11 is 0. The first-order valence-corrected chi connectivity index (χ1v) is 16.4. The van der Waals surface area contributed by atoms with Gasteiger partial charge in [-0.25, -0.2) is 4.79 Å². The number of alkyl carbamates (subject to hydrolysis) is 1. The molecule has 2 unspecified atom stereocenters. The zero-order chi connectivity index (χ0) is 34.2. The van der Waals surface area contributed by atoms with Gasteiger partial charge in [-0.15, -0.1) is 6.42 Å². The smallest absolute Gasteiger partial charge is 0.408 e. The first-order chi connectivity index (χ1) is 22.5. The van der Waals surface area contributed by atoms with Gasteiger partial charge in [0.15, 0.2) is 0 Å².